The van der Waals surface area contributed by atoms with Gasteiger partial charge in [0.1, 0.15) is 0 Å². The van der Waals surface area contributed by atoms with E-state index in [0.29, 0.717) is 6.54 Å². The number of rotatable bonds is 11. The van der Waals surface area contributed by atoms with Gasteiger partial charge >= 0.3 is 0 Å². The third-order valence-electron chi connectivity index (χ3n) is 2.67. The van der Waals surface area contributed by atoms with E-state index in [1.54, 1.807) is 0 Å². The first kappa shape index (κ1) is 19.5. The van der Waals surface area contributed by atoms with E-state index in [0.717, 1.165) is 12.8 Å². The lowest BCUT2D eigenvalue weighted by Gasteiger charge is -2.13. The molecule has 0 aliphatic carbocycles. The smallest absolute Gasteiger partial charge is 0.192 e. The highest BCUT2D eigenvalue weighted by Gasteiger charge is 2.09. The minimum Gasteiger partial charge on any atom is -0.373 e. The summed E-state index contributed by atoms with van der Waals surface area (Å²) in [7, 11) is 0. The Morgan fingerprint density at radius 3 is 1.76 bits per heavy atom. The molecule has 0 fully saturated rings. The average molecular weight is 270 g/mol. The van der Waals surface area contributed by atoms with Crippen molar-refractivity contribution >= 4 is 12.4 Å². The van der Waals surface area contributed by atoms with E-state index in [9.17, 15) is 0 Å². The Hall–Kier alpha value is 0.130. The van der Waals surface area contributed by atoms with Gasteiger partial charge in [-0.1, -0.05) is 51.9 Å². The molecule has 0 radical (unpaired) electrons. The number of halogens is 1. The zero-order valence-electron chi connectivity index (χ0n) is 10.8. The second-order valence-corrected chi connectivity index (χ2v) is 4.29. The van der Waals surface area contributed by atoms with Gasteiger partial charge in [0, 0.05) is 0 Å². The van der Waals surface area contributed by atoms with Crippen LogP contribution in [0, 0.1) is 0 Å². The number of hydrogen-bond acceptors (Lipinski definition) is 4. The summed E-state index contributed by atoms with van der Waals surface area (Å²) in [4.78, 5) is 0. The predicted octanol–water partition coefficient (Wildman–Crippen LogP) is 1.77. The molecule has 0 saturated heterocycles. The van der Waals surface area contributed by atoms with Gasteiger partial charge in [-0.05, 0) is 13.0 Å². The summed E-state index contributed by atoms with van der Waals surface area (Å²) >= 11 is 0. The minimum atomic E-state index is -1.69. The fourth-order valence-electron chi connectivity index (χ4n) is 1.61. The maximum Gasteiger partial charge on any atom is 0.192 e. The molecule has 0 rings (SSSR count). The second kappa shape index (κ2) is 14.2. The molecule has 5 heteroatoms. The molecule has 4 nitrogen and oxygen atoms in total. The highest BCUT2D eigenvalue weighted by atomic mass is 35.5. The van der Waals surface area contributed by atoms with Crippen molar-refractivity contribution in [3.05, 3.63) is 0 Å². The van der Waals surface area contributed by atoms with Crippen LogP contribution in [-0.4, -0.2) is 34.4 Å². The van der Waals surface area contributed by atoms with E-state index in [4.69, 9.17) is 15.3 Å². The van der Waals surface area contributed by atoms with Gasteiger partial charge in [0.05, 0.1) is 0 Å². The van der Waals surface area contributed by atoms with E-state index in [2.05, 4.69) is 12.2 Å². The molecule has 0 aromatic rings. The first-order valence-electron chi connectivity index (χ1n) is 6.46. The normalized spacial score (nSPS) is 12.5. The van der Waals surface area contributed by atoms with Gasteiger partial charge in [-0.25, -0.2) is 0 Å². The molecule has 0 spiro atoms. The van der Waals surface area contributed by atoms with Crippen LogP contribution in [0.25, 0.3) is 0 Å². The molecule has 0 aromatic carbocycles. The molecule has 0 aromatic heterocycles. The van der Waals surface area contributed by atoms with Crippen LogP contribution in [0.15, 0.2) is 0 Å². The van der Waals surface area contributed by atoms with Gasteiger partial charge in [-0.2, -0.15) is 0 Å². The first-order valence-corrected chi connectivity index (χ1v) is 6.46. The van der Waals surface area contributed by atoms with E-state index < -0.39 is 12.5 Å². The summed E-state index contributed by atoms with van der Waals surface area (Å²) < 4.78 is 0. The molecule has 0 amide bonds. The van der Waals surface area contributed by atoms with Gasteiger partial charge in [0.25, 0.3) is 0 Å². The van der Waals surface area contributed by atoms with Crippen molar-refractivity contribution in [2.75, 3.05) is 6.54 Å². The highest BCUT2D eigenvalue weighted by Crippen LogP contribution is 2.07. The van der Waals surface area contributed by atoms with Gasteiger partial charge in [0.15, 0.2) is 12.5 Å². The molecular formula is C12H28ClNO3. The van der Waals surface area contributed by atoms with E-state index in [-0.39, 0.29) is 12.4 Å². The molecule has 0 saturated carbocycles. The van der Waals surface area contributed by atoms with Crippen molar-refractivity contribution in [1.29, 1.82) is 0 Å². The summed E-state index contributed by atoms with van der Waals surface area (Å²) in [5, 5.41) is 28.8. The van der Waals surface area contributed by atoms with Crippen molar-refractivity contribution in [3.63, 3.8) is 0 Å². The maximum absolute atomic E-state index is 9.02. The summed E-state index contributed by atoms with van der Waals surface area (Å²) in [6.07, 6.45) is 6.98. The van der Waals surface area contributed by atoms with Crippen LogP contribution in [-0.2, 0) is 0 Å². The lowest BCUT2D eigenvalue weighted by molar-refractivity contribution is -0.132. The number of aliphatic hydroxyl groups is 3. The van der Waals surface area contributed by atoms with Crippen molar-refractivity contribution in [3.8, 4) is 0 Å². The maximum atomic E-state index is 9.02. The number of hydrogen-bond donors (Lipinski definition) is 4. The van der Waals surface area contributed by atoms with Crippen LogP contribution in [0.4, 0.5) is 0 Å². The van der Waals surface area contributed by atoms with Gasteiger partial charge in [0.2, 0.25) is 0 Å². The summed E-state index contributed by atoms with van der Waals surface area (Å²) in [6, 6.07) is 0. The molecular weight excluding hydrogens is 242 g/mol. The highest BCUT2D eigenvalue weighted by molar-refractivity contribution is 5.85. The van der Waals surface area contributed by atoms with E-state index >= 15 is 0 Å². The summed E-state index contributed by atoms with van der Waals surface area (Å²) in [5.74, 6) is 0. The lowest BCUT2D eigenvalue weighted by Crippen LogP contribution is -2.39. The molecule has 0 bridgehead atoms. The minimum absolute atomic E-state index is 0. The Morgan fingerprint density at radius 2 is 1.29 bits per heavy atom. The third kappa shape index (κ3) is 14.1. The molecule has 17 heavy (non-hydrogen) atoms. The van der Waals surface area contributed by atoms with Gasteiger partial charge in [-0.15, -0.1) is 12.4 Å². The molecule has 106 valence electrons. The van der Waals surface area contributed by atoms with Crippen LogP contribution in [0.2, 0.25) is 0 Å². The summed E-state index contributed by atoms with van der Waals surface area (Å²) in [5.41, 5.74) is 0. The fraction of sp³-hybridized carbons (Fsp3) is 1.00. The zero-order chi connectivity index (χ0) is 12.2. The molecule has 1 atom stereocenters. The Morgan fingerprint density at radius 1 is 0.824 bits per heavy atom. The van der Waals surface area contributed by atoms with Crippen LogP contribution in [0.3, 0.4) is 0 Å². The van der Waals surface area contributed by atoms with Gasteiger partial charge < -0.3 is 15.3 Å². The lowest BCUT2D eigenvalue weighted by atomic mass is 10.1. The Kier molecular flexibility index (Phi) is 16.3. The van der Waals surface area contributed by atoms with Crippen LogP contribution >= 0.6 is 12.4 Å². The Balaban J connectivity index is 0. The number of aliphatic hydroxyl groups excluding tert-OH is 2. The number of unbranched alkanes of at least 4 members (excludes halogenated alkanes) is 7. The van der Waals surface area contributed by atoms with Crippen molar-refractivity contribution in [1.82, 2.24) is 5.32 Å². The molecule has 1 unspecified atom stereocenters. The molecule has 0 aliphatic heterocycles. The third-order valence-corrected chi connectivity index (χ3v) is 2.67. The van der Waals surface area contributed by atoms with Crippen LogP contribution in [0.1, 0.15) is 58.3 Å². The quantitative estimate of drug-likeness (QED) is 0.341. The van der Waals surface area contributed by atoms with Crippen molar-refractivity contribution in [2.24, 2.45) is 0 Å². The topological polar surface area (TPSA) is 72.7 Å². The molecule has 0 heterocycles. The van der Waals surface area contributed by atoms with Gasteiger partial charge in [-0.3, -0.25) is 5.32 Å². The first-order chi connectivity index (χ1) is 7.68. The average Bonchev–Trinajstić information content (AvgIpc) is 2.26. The SMILES string of the molecule is CCCCCCCCCCNC(O)C(O)O.Cl. The monoisotopic (exact) mass is 269 g/mol. The molecule has 4 N–H and O–H groups in total. The predicted molar refractivity (Wildman–Crippen MR) is 72.1 cm³/mol. The summed E-state index contributed by atoms with van der Waals surface area (Å²) in [6.45, 7) is 2.85. The van der Waals surface area contributed by atoms with E-state index in [1.807, 2.05) is 0 Å². The largest absolute Gasteiger partial charge is 0.373 e. The van der Waals surface area contributed by atoms with Crippen LogP contribution in [0.5, 0.6) is 0 Å². The zero-order valence-corrected chi connectivity index (χ0v) is 11.6. The second-order valence-electron chi connectivity index (χ2n) is 4.29. The Labute approximate surface area is 111 Å². The van der Waals surface area contributed by atoms with Crippen LogP contribution < -0.4 is 5.32 Å². The van der Waals surface area contributed by atoms with Crippen molar-refractivity contribution < 1.29 is 15.3 Å². The fourth-order valence-corrected chi connectivity index (χ4v) is 1.61. The standard InChI is InChI=1S/C12H27NO3.ClH/c1-2-3-4-5-6-7-8-9-10-13-11(14)12(15)16;/h11-16H,2-10H2,1H3;1H. The van der Waals surface area contributed by atoms with E-state index in [1.165, 1.54) is 38.5 Å². The molecule has 0 aliphatic rings. The Bertz CT molecular complexity index is 148. The van der Waals surface area contributed by atoms with Crippen molar-refractivity contribution in [2.45, 2.75) is 70.8 Å². The number of nitrogens with one attached hydrogen (secondary N) is 1.